The normalized spacial score (nSPS) is 23.1. The molecule has 9 nitrogen and oxygen atoms in total. The third kappa shape index (κ3) is 5.69. The van der Waals surface area contributed by atoms with Crippen molar-refractivity contribution in [2.24, 2.45) is 5.10 Å². The maximum Gasteiger partial charge on any atom is 0.416 e. The third-order valence-corrected chi connectivity index (χ3v) is 7.43. The molecule has 0 aliphatic carbocycles. The van der Waals surface area contributed by atoms with Gasteiger partial charge in [-0.15, -0.1) is 10.2 Å². The lowest BCUT2D eigenvalue weighted by atomic mass is 9.89. The molecule has 0 radical (unpaired) electrons. The Labute approximate surface area is 226 Å². The molecule has 2 aromatic rings. The van der Waals surface area contributed by atoms with Crippen molar-refractivity contribution in [2.75, 3.05) is 18.1 Å². The molecule has 38 heavy (non-hydrogen) atoms. The Balaban J connectivity index is 1.46. The molecule has 13 heteroatoms. The highest BCUT2D eigenvalue weighted by atomic mass is 79.9. The minimum atomic E-state index is -4.56. The van der Waals surface area contributed by atoms with E-state index in [2.05, 4.69) is 31.9 Å². The fraction of sp³-hybridized carbons (Fsp3) is 0.440. The van der Waals surface area contributed by atoms with Gasteiger partial charge in [-0.1, -0.05) is 35.0 Å². The minimum Gasteiger partial charge on any atom is -0.465 e. The van der Waals surface area contributed by atoms with E-state index in [4.69, 9.17) is 4.74 Å². The minimum absolute atomic E-state index is 0.208. The zero-order chi connectivity index (χ0) is 27.0. The van der Waals surface area contributed by atoms with Crippen molar-refractivity contribution in [1.82, 2.24) is 21.0 Å². The van der Waals surface area contributed by atoms with Crippen LogP contribution in [0.3, 0.4) is 0 Å². The number of hydrogen-bond donors (Lipinski definition) is 3. The molecule has 0 aromatic heterocycles. The summed E-state index contributed by atoms with van der Waals surface area (Å²) in [6.07, 6.45) is -3.96. The Morgan fingerprint density at radius 1 is 1.29 bits per heavy atom. The van der Waals surface area contributed by atoms with E-state index in [-0.39, 0.29) is 23.8 Å². The van der Waals surface area contributed by atoms with Crippen LogP contribution in [-0.4, -0.2) is 52.6 Å². The number of fused-ring (bicyclic) bond motifs is 1. The van der Waals surface area contributed by atoms with Gasteiger partial charge < -0.3 is 15.2 Å². The van der Waals surface area contributed by atoms with Crippen LogP contribution >= 0.6 is 15.9 Å². The van der Waals surface area contributed by atoms with E-state index in [9.17, 15) is 23.1 Å². The topological polar surface area (TPSA) is 96.0 Å². The zero-order valence-corrected chi connectivity index (χ0v) is 22.2. The van der Waals surface area contributed by atoms with Crippen molar-refractivity contribution in [3.8, 4) is 0 Å². The van der Waals surface area contributed by atoms with Crippen molar-refractivity contribution >= 4 is 33.7 Å². The number of rotatable bonds is 7. The van der Waals surface area contributed by atoms with Crippen LogP contribution in [0.15, 0.2) is 52.0 Å². The molecule has 3 N–H and O–H groups in total. The van der Waals surface area contributed by atoms with E-state index in [1.54, 1.807) is 0 Å². The standard InChI is InChI=1S/C25H28BrF3N6O3/c1-2-18-12-21(20-11-16(25(27,28)29)6-7-22(20)35(18)24(36)37)30-23-31-32-34(9-8-19-14-38-19)33(23)13-15-4-3-5-17(26)10-15/h3-7,10-11,18-19,21,32H,2,8-9,12-14H2,1H3,(H,30,31)(H,36,37)/t18-,19?,21+/m1/s1. The Morgan fingerprint density at radius 3 is 2.74 bits per heavy atom. The average molecular weight is 597 g/mol. The van der Waals surface area contributed by atoms with Gasteiger partial charge in [0, 0.05) is 17.1 Å². The molecule has 1 saturated heterocycles. The summed E-state index contributed by atoms with van der Waals surface area (Å²) >= 11 is 3.50. The van der Waals surface area contributed by atoms with Crippen molar-refractivity contribution in [3.05, 3.63) is 63.6 Å². The van der Waals surface area contributed by atoms with Gasteiger partial charge in [-0.05, 0) is 60.7 Å². The van der Waals surface area contributed by atoms with Gasteiger partial charge in [-0.2, -0.15) is 13.2 Å². The van der Waals surface area contributed by atoms with E-state index >= 15 is 0 Å². The zero-order valence-electron chi connectivity index (χ0n) is 20.6. The molecule has 0 saturated carbocycles. The first-order valence-corrected chi connectivity index (χ1v) is 13.2. The number of alkyl halides is 3. The molecule has 0 spiro atoms. The maximum absolute atomic E-state index is 13.6. The molecule has 2 aromatic carbocycles. The largest absolute Gasteiger partial charge is 0.465 e. The van der Waals surface area contributed by atoms with Crippen LogP contribution in [0.25, 0.3) is 0 Å². The molecule has 5 rings (SSSR count). The smallest absolute Gasteiger partial charge is 0.416 e. The highest BCUT2D eigenvalue weighted by molar-refractivity contribution is 9.10. The number of carbonyl (C=O) groups is 1. The van der Waals surface area contributed by atoms with Crippen LogP contribution in [0.2, 0.25) is 0 Å². The molecule has 3 atom stereocenters. The van der Waals surface area contributed by atoms with Gasteiger partial charge in [0.2, 0.25) is 5.96 Å². The lowest BCUT2D eigenvalue weighted by Crippen LogP contribution is -2.52. The van der Waals surface area contributed by atoms with E-state index in [0.717, 1.165) is 35.2 Å². The van der Waals surface area contributed by atoms with E-state index in [0.29, 0.717) is 25.5 Å². The van der Waals surface area contributed by atoms with Crippen LogP contribution in [0, 0.1) is 0 Å². The van der Waals surface area contributed by atoms with Crippen LogP contribution in [0.5, 0.6) is 0 Å². The van der Waals surface area contributed by atoms with Gasteiger partial charge in [0.1, 0.15) is 0 Å². The van der Waals surface area contributed by atoms with Gasteiger partial charge >= 0.3 is 12.3 Å². The van der Waals surface area contributed by atoms with E-state index in [1.165, 1.54) is 11.0 Å². The average Bonchev–Trinajstić information content (AvgIpc) is 3.63. The first-order chi connectivity index (χ1) is 18.1. The summed E-state index contributed by atoms with van der Waals surface area (Å²) in [5.41, 5.74) is 3.69. The van der Waals surface area contributed by atoms with Crippen LogP contribution in [0.1, 0.15) is 48.9 Å². The first-order valence-electron chi connectivity index (χ1n) is 12.4. The number of guanidine groups is 1. The Morgan fingerprint density at radius 2 is 2.08 bits per heavy atom. The second kappa shape index (κ2) is 10.6. The number of halogens is 4. The van der Waals surface area contributed by atoms with E-state index < -0.39 is 29.9 Å². The van der Waals surface area contributed by atoms with E-state index in [1.807, 2.05) is 41.3 Å². The summed E-state index contributed by atoms with van der Waals surface area (Å²) < 4.78 is 47.1. The van der Waals surface area contributed by atoms with Gasteiger partial charge in [0.05, 0.1) is 36.5 Å². The molecule has 3 aliphatic rings. The monoisotopic (exact) mass is 596 g/mol. The van der Waals surface area contributed by atoms with Crippen molar-refractivity contribution in [3.63, 3.8) is 0 Å². The van der Waals surface area contributed by atoms with Gasteiger partial charge in [-0.3, -0.25) is 9.91 Å². The summed E-state index contributed by atoms with van der Waals surface area (Å²) in [6.45, 7) is 3.65. The first kappa shape index (κ1) is 26.6. The highest BCUT2D eigenvalue weighted by Crippen LogP contribution is 2.42. The molecular formula is C25H28BrF3N6O3. The molecule has 3 aliphatic heterocycles. The predicted molar refractivity (Wildman–Crippen MR) is 138 cm³/mol. The van der Waals surface area contributed by atoms with Crippen LogP contribution in [0.4, 0.5) is 23.7 Å². The summed E-state index contributed by atoms with van der Waals surface area (Å²) in [5.74, 6) is 0.439. The second-order valence-electron chi connectivity index (χ2n) is 9.51. The maximum atomic E-state index is 13.6. The number of nitrogens with one attached hydrogen (secondary N) is 2. The van der Waals surface area contributed by atoms with Crippen LogP contribution in [-0.2, 0) is 17.5 Å². The molecule has 1 fully saturated rings. The number of nitrogens with zero attached hydrogens (tertiary/aromatic N) is 4. The number of ether oxygens (including phenoxy) is 1. The number of anilines is 1. The fourth-order valence-corrected chi connectivity index (χ4v) is 5.36. The molecule has 1 unspecified atom stereocenters. The number of carboxylic acid groups (broad SMARTS) is 1. The van der Waals surface area contributed by atoms with Crippen molar-refractivity contribution in [2.45, 2.75) is 57.1 Å². The fourth-order valence-electron chi connectivity index (χ4n) is 4.91. The highest BCUT2D eigenvalue weighted by Gasteiger charge is 2.40. The summed E-state index contributed by atoms with van der Waals surface area (Å²) in [4.78, 5) is 13.3. The van der Waals surface area contributed by atoms with Crippen molar-refractivity contribution < 1.29 is 27.8 Å². The second-order valence-corrected chi connectivity index (χ2v) is 10.4. The molecule has 3 heterocycles. The lowest BCUT2D eigenvalue weighted by molar-refractivity contribution is -0.137. The molecule has 204 valence electrons. The molecule has 1 amide bonds. The number of benzene rings is 2. The molecular weight excluding hydrogens is 569 g/mol. The Kier molecular flexibility index (Phi) is 7.43. The van der Waals surface area contributed by atoms with Crippen molar-refractivity contribution in [1.29, 1.82) is 0 Å². The number of hydrazine groups is 2. The summed E-state index contributed by atoms with van der Waals surface area (Å²) in [7, 11) is 0. The Hall–Kier alpha value is -3.03. The number of amides is 1. The number of epoxide rings is 1. The predicted octanol–water partition coefficient (Wildman–Crippen LogP) is 5.06. The van der Waals surface area contributed by atoms with Gasteiger partial charge in [0.15, 0.2) is 0 Å². The van der Waals surface area contributed by atoms with Gasteiger partial charge in [-0.25, -0.2) is 10.3 Å². The number of hydrogen-bond acceptors (Lipinski definition) is 7. The Bertz CT molecular complexity index is 1230. The quantitative estimate of drug-likeness (QED) is 0.384. The summed E-state index contributed by atoms with van der Waals surface area (Å²) in [6, 6.07) is 10.0. The SMILES string of the molecule is CC[C@@H]1C[C@H](NC2=NNN(CCC3CO3)N2Cc2cccc(Br)c2)c2cc(C(F)(F)F)ccc2N1C(=O)O. The number of hydrazone groups is 1. The lowest BCUT2D eigenvalue weighted by Gasteiger charge is -2.40. The third-order valence-electron chi connectivity index (χ3n) is 6.94. The van der Waals surface area contributed by atoms with Gasteiger partial charge in [0.25, 0.3) is 0 Å². The molecule has 0 bridgehead atoms. The summed E-state index contributed by atoms with van der Waals surface area (Å²) in [5, 5.41) is 21.4. The van der Waals surface area contributed by atoms with Crippen LogP contribution < -0.4 is 15.8 Å².